The summed E-state index contributed by atoms with van der Waals surface area (Å²) >= 11 is 0. The van der Waals surface area contributed by atoms with Gasteiger partial charge < -0.3 is 87.0 Å². The van der Waals surface area contributed by atoms with E-state index in [4.69, 9.17) is 52.6 Å². The highest BCUT2D eigenvalue weighted by atomic mass is 16.5. The van der Waals surface area contributed by atoms with Crippen LogP contribution >= 0.6 is 0 Å². The Hall–Kier alpha value is -16.2. The molecule has 0 fully saturated rings. The molecule has 38 nitrogen and oxygen atoms in total. The molecule has 0 spiro atoms. The zero-order chi connectivity index (χ0) is 99.1. The second-order valence-corrected chi connectivity index (χ2v) is 36.9. The number of carbonyl (C=O) groups is 1. The molecule has 5 aliphatic heterocycles. The van der Waals surface area contributed by atoms with Crippen molar-refractivity contribution < 1.29 is 23.7 Å². The van der Waals surface area contributed by atoms with Crippen LogP contribution in [-0.4, -0.2) is 227 Å². The molecular formula is C104H117N33O5. The Morgan fingerprint density at radius 3 is 1.12 bits per heavy atom. The maximum atomic E-state index is 12.2. The molecule has 0 saturated carbocycles. The summed E-state index contributed by atoms with van der Waals surface area (Å²) in [6, 6.07) is 27.5. The van der Waals surface area contributed by atoms with Gasteiger partial charge in [-0.3, -0.25) is 14.6 Å². The SMILES string of the molecule is CCn1cc(Oc2nc(-c3cc(C)c4c(c3)CN(C)CC4)cnc2N)cn1.Cc1cc(-c2cnc(N)c(-n3cc(C(=O)N(C)C)cn3)n2)cc2c1CCN(C)C2.Cc1cc(-c2cnc(N)c(OCc3ccn[nH]3)n2)cc2c1CCN(C)C2.Cc1cc(-c2cnc(N)c(OCc3ccnc4nc[nH]c34)n2)cc2c1CCN(C)C2.Cc1cc(-c2cnc(N)c(OCc3ccnc4nc[nH]c34)n2)cc2c1CCN(C)C2. The number of pyridine rings is 2. The number of aromatic nitrogens is 22. The van der Waals surface area contributed by atoms with Crippen molar-refractivity contribution in [2.45, 2.75) is 133 Å². The first-order valence-corrected chi connectivity index (χ1v) is 47.2. The number of nitrogens with two attached hydrogens (primary N) is 5. The summed E-state index contributed by atoms with van der Waals surface area (Å²) < 4.78 is 26.7. The number of ether oxygens (including phenoxy) is 4. The summed E-state index contributed by atoms with van der Waals surface area (Å²) in [4.78, 5) is 93.1. The number of likely N-dealkylation sites (N-methyl/N-ethyl adjacent to an activating group) is 5. The van der Waals surface area contributed by atoms with Gasteiger partial charge in [0.25, 0.3) is 29.4 Å². The Morgan fingerprint density at radius 1 is 0.401 bits per heavy atom. The molecule has 1 amide bonds. The van der Waals surface area contributed by atoms with Crippen LogP contribution in [0.3, 0.4) is 0 Å². The van der Waals surface area contributed by atoms with Crippen LogP contribution in [0.5, 0.6) is 29.3 Å². The molecule has 728 valence electrons. The van der Waals surface area contributed by atoms with E-state index in [0.29, 0.717) is 58.6 Å². The lowest BCUT2D eigenvalue weighted by Gasteiger charge is -2.27. The van der Waals surface area contributed by atoms with Crippen LogP contribution < -0.4 is 47.6 Å². The third kappa shape index (κ3) is 21.9. The van der Waals surface area contributed by atoms with Gasteiger partial charge in [0.2, 0.25) is 0 Å². The van der Waals surface area contributed by atoms with Crippen molar-refractivity contribution in [3.63, 3.8) is 0 Å². The van der Waals surface area contributed by atoms with Gasteiger partial charge in [-0.1, -0.05) is 0 Å². The monoisotopic (exact) mass is 1910 g/mol. The average Bonchev–Trinajstić information content (AvgIpc) is 1.31. The molecule has 0 unspecified atom stereocenters. The van der Waals surface area contributed by atoms with E-state index in [-0.39, 0.29) is 48.2 Å². The minimum Gasteiger partial charge on any atom is -0.470 e. The lowest BCUT2D eigenvalue weighted by Crippen LogP contribution is -2.27. The van der Waals surface area contributed by atoms with E-state index in [2.05, 4.69) is 250 Å². The fourth-order valence-electron chi connectivity index (χ4n) is 18.6. The Labute approximate surface area is 822 Å². The first kappa shape index (κ1) is 96.1. The molecule has 13 N–H and O–H groups in total. The number of imidazole rings is 2. The largest absolute Gasteiger partial charge is 0.470 e. The Kier molecular flexibility index (Phi) is 28.6. The number of amides is 1. The second kappa shape index (κ2) is 42.3. The van der Waals surface area contributed by atoms with Gasteiger partial charge in [0.05, 0.1) is 113 Å². The van der Waals surface area contributed by atoms with Gasteiger partial charge >= 0.3 is 0 Å². The van der Waals surface area contributed by atoms with Crippen molar-refractivity contribution in [2.24, 2.45) is 0 Å². The third-order valence-electron chi connectivity index (χ3n) is 26.2. The maximum Gasteiger partial charge on any atom is 0.263 e. The smallest absolute Gasteiger partial charge is 0.263 e. The number of aryl methyl sites for hydroxylation is 6. The number of rotatable bonds is 19. The van der Waals surface area contributed by atoms with E-state index in [9.17, 15) is 4.79 Å². The molecule has 142 heavy (non-hydrogen) atoms. The molecule has 12 aromatic heterocycles. The normalized spacial score (nSPS) is 14.1. The standard InChI is InChI=1S/2C22H23N7O.C21H25N7O.C20H24N6O.C19H22N6O/c2*1-13-7-15(8-16-10-29(2)6-4-17(13)16)18-9-25-20(23)22(28-18)30-11-14-3-5-24-21-19(14)26-12-27-21;1-13-7-14(8-15-11-27(4)6-5-17(13)15)18-10-23-19(22)20(25-18)28-12-16(9-24-28)21(29)26(2)3;1-4-26-12-16(9-23-26)27-20-19(21)22-10-18(24-20)14-7-13(2)17-5-6-25(3)11-15(17)8-14;1-12-7-13(8-14-10-25(2)6-4-16(12)14)17-9-21-18(20)19(23-17)26-11-15-3-5-22-24-15/h2*3,5,7-9,12H,4,6,10-11H2,1-2H3,(H2,23,25)(H,24,26,27);7-10,12H,5-6,11H2,1-4H3,(H2,22,23);7-10,12H,4-6,11H2,1-3H3,(H2,21,22);3,5,7-9H,4,6,10-11H2,1-2H3,(H2,20,21)(H,22,24). The number of anilines is 5. The van der Waals surface area contributed by atoms with Gasteiger partial charge in [0, 0.05) is 150 Å². The fraction of sp³-hybridized carbons (Fsp3) is 0.308. The van der Waals surface area contributed by atoms with Crippen LogP contribution in [0.1, 0.15) is 118 Å². The first-order chi connectivity index (χ1) is 68.6. The van der Waals surface area contributed by atoms with E-state index in [1.165, 1.54) is 99.2 Å². The number of H-pyrrole nitrogens is 3. The van der Waals surface area contributed by atoms with Gasteiger partial charge in [-0.2, -0.15) is 15.3 Å². The number of hydrogen-bond acceptors (Lipinski definition) is 32. The first-order valence-electron chi connectivity index (χ1n) is 47.2. The number of nitrogens with zero attached hydrogens (tertiary/aromatic N) is 25. The third-order valence-corrected chi connectivity index (χ3v) is 26.2. The Morgan fingerprint density at radius 2 is 0.761 bits per heavy atom. The summed E-state index contributed by atoms with van der Waals surface area (Å²) in [5, 5.41) is 15.2. The molecule has 0 radical (unpaired) electrons. The van der Waals surface area contributed by atoms with Crippen molar-refractivity contribution in [1.82, 2.24) is 139 Å². The summed E-state index contributed by atoms with van der Waals surface area (Å²) in [5.74, 6) is 3.50. The highest BCUT2D eigenvalue weighted by molar-refractivity contribution is 5.93. The molecule has 38 heteroatoms. The highest BCUT2D eigenvalue weighted by Crippen LogP contribution is 2.38. The Bertz CT molecular complexity index is 7280. The van der Waals surface area contributed by atoms with Crippen LogP contribution in [0.15, 0.2) is 166 Å². The second-order valence-electron chi connectivity index (χ2n) is 36.9. The van der Waals surface area contributed by atoms with Crippen molar-refractivity contribution in [2.75, 3.05) is 111 Å². The number of benzene rings is 5. The summed E-state index contributed by atoms with van der Waals surface area (Å²) in [6.07, 6.45) is 28.8. The molecule has 17 aromatic rings. The van der Waals surface area contributed by atoms with E-state index >= 15 is 0 Å². The van der Waals surface area contributed by atoms with E-state index in [1.54, 1.807) is 93.4 Å². The average molecular weight is 1910 g/mol. The fourth-order valence-corrected chi connectivity index (χ4v) is 18.6. The highest BCUT2D eigenvalue weighted by Gasteiger charge is 2.27. The molecule has 22 rings (SSSR count). The van der Waals surface area contributed by atoms with Crippen LogP contribution in [0.25, 0.3) is 84.4 Å². The van der Waals surface area contributed by atoms with Gasteiger partial charge in [-0.05, 0) is 271 Å². The van der Waals surface area contributed by atoms with Gasteiger partial charge in [0.15, 0.2) is 52.0 Å². The van der Waals surface area contributed by atoms with Gasteiger partial charge in [-0.15, -0.1) is 0 Å². The summed E-state index contributed by atoms with van der Waals surface area (Å²) in [7, 11) is 14.1. The number of aromatic amines is 3. The van der Waals surface area contributed by atoms with Gasteiger partial charge in [0.1, 0.15) is 19.8 Å². The topological polar surface area (TPSA) is 480 Å². The molecule has 0 atom stereocenters. The molecule has 0 saturated heterocycles. The molecule has 0 aliphatic carbocycles. The zero-order valence-corrected chi connectivity index (χ0v) is 82.1. The van der Waals surface area contributed by atoms with E-state index in [1.807, 2.05) is 31.3 Å². The van der Waals surface area contributed by atoms with Crippen LogP contribution in [0, 0.1) is 34.6 Å². The molecule has 5 aliphatic rings. The van der Waals surface area contributed by atoms with Crippen molar-refractivity contribution in [1.29, 1.82) is 0 Å². The number of fused-ring (bicyclic) bond motifs is 7. The summed E-state index contributed by atoms with van der Waals surface area (Å²) in [5.41, 5.74) is 65.5. The number of nitrogens with one attached hydrogen (secondary N) is 3. The van der Waals surface area contributed by atoms with Crippen LogP contribution in [0.4, 0.5) is 29.1 Å². The van der Waals surface area contributed by atoms with E-state index in [0.717, 1.165) is 188 Å². The predicted octanol–water partition coefficient (Wildman–Crippen LogP) is 13.0. The minimum atomic E-state index is -0.131. The zero-order valence-electron chi connectivity index (χ0n) is 82.1. The van der Waals surface area contributed by atoms with Crippen LogP contribution in [-0.2, 0) is 91.2 Å². The van der Waals surface area contributed by atoms with Crippen molar-refractivity contribution >= 4 is 57.3 Å². The molecule has 17 heterocycles. The van der Waals surface area contributed by atoms with Crippen molar-refractivity contribution in [3.8, 4) is 91.4 Å². The van der Waals surface area contributed by atoms with Crippen molar-refractivity contribution in [3.05, 3.63) is 272 Å². The lowest BCUT2D eigenvalue weighted by atomic mass is 9.92. The van der Waals surface area contributed by atoms with E-state index < -0.39 is 0 Å². The summed E-state index contributed by atoms with van der Waals surface area (Å²) in [6.45, 7) is 24.6. The molecule has 5 aromatic carbocycles. The maximum absolute atomic E-state index is 12.2. The Balaban J connectivity index is 0.000000117. The number of nitrogen functional groups attached to an aromatic ring is 5. The van der Waals surface area contributed by atoms with Gasteiger partial charge in [-0.25, -0.2) is 74.5 Å². The number of carbonyl (C=O) groups excluding carboxylic acids is 1. The number of hydrogen-bond donors (Lipinski definition) is 8. The lowest BCUT2D eigenvalue weighted by molar-refractivity contribution is 0.0827. The molecular weight excluding hydrogens is 1790 g/mol. The van der Waals surface area contributed by atoms with Crippen LogP contribution in [0.2, 0.25) is 0 Å². The predicted molar refractivity (Wildman–Crippen MR) is 546 cm³/mol. The molecule has 0 bridgehead atoms. The minimum absolute atomic E-state index is 0.131. The quantitative estimate of drug-likeness (QED) is 0.0373.